The van der Waals surface area contributed by atoms with E-state index in [9.17, 15) is 44.1 Å². The van der Waals surface area contributed by atoms with Crippen molar-refractivity contribution >= 4 is 35.1 Å². The molecule has 0 bridgehead atoms. The highest BCUT2D eigenvalue weighted by Gasteiger charge is 2.83. The fourth-order valence-electron chi connectivity index (χ4n) is 15.5. The van der Waals surface area contributed by atoms with Crippen molar-refractivity contribution in [2.45, 2.75) is 159 Å². The van der Waals surface area contributed by atoms with Gasteiger partial charge >= 0.3 is 11.9 Å². The second-order valence-corrected chi connectivity index (χ2v) is 21.6. The van der Waals surface area contributed by atoms with Gasteiger partial charge in [-0.25, -0.2) is 4.39 Å². The van der Waals surface area contributed by atoms with Crippen molar-refractivity contribution in [3.05, 3.63) is 47.6 Å². The van der Waals surface area contributed by atoms with E-state index in [4.69, 9.17) is 23.7 Å². The van der Waals surface area contributed by atoms with Crippen LogP contribution < -0.4 is 0 Å². The molecule has 6 unspecified atom stereocenters. The van der Waals surface area contributed by atoms with E-state index in [0.29, 0.717) is 37.7 Å². The third-order valence-electron chi connectivity index (χ3n) is 18.4. The van der Waals surface area contributed by atoms with Crippen LogP contribution in [-0.2, 0) is 52.5 Å². The molecule has 2 heterocycles. The van der Waals surface area contributed by atoms with E-state index >= 15 is 4.39 Å². The first kappa shape index (κ1) is 45.4. The Hall–Kier alpha value is -3.73. The number of aliphatic hydroxyl groups excluding tert-OH is 2. The zero-order valence-corrected chi connectivity index (χ0v) is 37.9. The summed E-state index contributed by atoms with van der Waals surface area (Å²) in [6.45, 7) is 12.5. The number of fused-ring (bicyclic) bond motifs is 10. The molecule has 15 heteroatoms. The molecule has 14 nitrogen and oxygen atoms in total. The summed E-state index contributed by atoms with van der Waals surface area (Å²) in [6.07, 6.45) is 9.95. The monoisotopic (exact) mass is 892 g/mol. The molecule has 10 aliphatic rings. The van der Waals surface area contributed by atoms with Crippen LogP contribution >= 0.6 is 0 Å². The Balaban J connectivity index is 0.000000163. The summed E-state index contributed by atoms with van der Waals surface area (Å²) < 4.78 is 46.1. The summed E-state index contributed by atoms with van der Waals surface area (Å²) in [5, 5.41) is 33.9. The standard InChI is InChI=1S/C26H33FO7.C23H28O7/c1-14(28)32-13-20(31)26-21(33-22(2,3)34-26)11-18-17-7-6-15-10-16(29)8-9-23(15,4)25(17,27)19(30)12-24(18,26)5;1-12(24)29-11-18(27)22(28)17(26)9-16-15-5-4-13-8-14(25)6-7-20(13,2)23(15)19(30-23)10-21(16,22)3/h8-10,17-19,21,30H,6-7,11-13H2,1-5H3;6-8,15-17,19,26,28H,4-5,9-11H2,1-3H3/t17?,18?,19-,21+,23-,24-,25-,26+;15?,16?,17-,19?,20+,21+,22+,23?/m01/s1. The Bertz CT molecular complexity index is 2260. The van der Waals surface area contributed by atoms with E-state index < -0.39 is 111 Å². The average Bonchev–Trinajstić information content (AvgIpc) is 3.73. The Labute approximate surface area is 372 Å². The molecule has 0 aromatic heterocycles. The largest absolute Gasteiger partial charge is 0.458 e. The minimum absolute atomic E-state index is 0.00287. The maximum atomic E-state index is 17.3. The molecule has 0 amide bonds. The van der Waals surface area contributed by atoms with Crippen molar-refractivity contribution < 1.29 is 72.2 Å². The van der Waals surface area contributed by atoms with Crippen LogP contribution in [0.3, 0.4) is 0 Å². The zero-order valence-electron chi connectivity index (χ0n) is 37.9. The van der Waals surface area contributed by atoms with E-state index in [-0.39, 0.29) is 41.8 Å². The van der Waals surface area contributed by atoms with Crippen LogP contribution in [0.1, 0.15) is 107 Å². The molecule has 2 aliphatic heterocycles. The molecule has 0 aromatic carbocycles. The van der Waals surface area contributed by atoms with E-state index in [0.717, 1.165) is 18.4 Å². The van der Waals surface area contributed by atoms with E-state index in [1.54, 1.807) is 39.0 Å². The van der Waals surface area contributed by atoms with E-state index in [1.807, 2.05) is 19.9 Å². The van der Waals surface area contributed by atoms with Gasteiger partial charge in [0, 0.05) is 41.4 Å². The fourth-order valence-corrected chi connectivity index (χ4v) is 15.5. The van der Waals surface area contributed by atoms with Crippen LogP contribution in [0.5, 0.6) is 0 Å². The summed E-state index contributed by atoms with van der Waals surface area (Å²) in [6, 6.07) is 0. The van der Waals surface area contributed by atoms with Gasteiger partial charge in [-0.05, 0) is 121 Å². The maximum absolute atomic E-state index is 17.3. The van der Waals surface area contributed by atoms with Gasteiger partial charge in [0.2, 0.25) is 11.6 Å². The van der Waals surface area contributed by atoms with Crippen LogP contribution in [0.25, 0.3) is 0 Å². The van der Waals surface area contributed by atoms with Gasteiger partial charge in [-0.3, -0.25) is 28.8 Å². The van der Waals surface area contributed by atoms with Crippen molar-refractivity contribution in [1.82, 2.24) is 0 Å². The third kappa shape index (κ3) is 5.63. The number of hydrogen-bond donors (Lipinski definition) is 3. The predicted octanol–water partition coefficient (Wildman–Crippen LogP) is 4.25. The number of hydrogen-bond acceptors (Lipinski definition) is 14. The van der Waals surface area contributed by atoms with Crippen LogP contribution in [-0.4, -0.2) is 116 Å². The summed E-state index contributed by atoms with van der Waals surface area (Å²) in [4.78, 5) is 73.2. The Morgan fingerprint density at radius 3 is 1.86 bits per heavy atom. The number of allylic oxidation sites excluding steroid dienone is 6. The smallest absolute Gasteiger partial charge is 0.303 e. The van der Waals surface area contributed by atoms with Gasteiger partial charge in [-0.1, -0.05) is 37.1 Å². The molecule has 64 heavy (non-hydrogen) atoms. The lowest BCUT2D eigenvalue weighted by atomic mass is 9.44. The normalized spacial score (nSPS) is 49.4. The van der Waals surface area contributed by atoms with Gasteiger partial charge in [-0.15, -0.1) is 0 Å². The van der Waals surface area contributed by atoms with Crippen molar-refractivity contribution in [1.29, 1.82) is 0 Å². The molecule has 16 atom stereocenters. The summed E-state index contributed by atoms with van der Waals surface area (Å²) in [5.41, 5.74) is -7.48. The van der Waals surface area contributed by atoms with Gasteiger partial charge in [0.15, 0.2) is 47.4 Å². The predicted molar refractivity (Wildman–Crippen MR) is 222 cm³/mol. The van der Waals surface area contributed by atoms with E-state index in [2.05, 4.69) is 6.92 Å². The number of epoxide rings is 1. The number of ether oxygens (including phenoxy) is 5. The molecule has 3 N–H and O–H groups in total. The van der Waals surface area contributed by atoms with Crippen LogP contribution in [0.15, 0.2) is 47.6 Å². The second kappa shape index (κ2) is 14.1. The first-order valence-electron chi connectivity index (χ1n) is 22.8. The Morgan fingerprint density at radius 1 is 0.703 bits per heavy atom. The summed E-state index contributed by atoms with van der Waals surface area (Å²) >= 11 is 0. The van der Waals surface area contributed by atoms with Gasteiger partial charge in [0.05, 0.1) is 24.4 Å². The molecule has 8 fully saturated rings. The molecule has 0 aromatic rings. The number of Topliss-reactive ketones (excluding diaryl/α,β-unsaturated/α-hetero) is 2. The molecule has 6 saturated carbocycles. The number of carbonyl (C=O) groups is 6. The molecule has 348 valence electrons. The average molecular weight is 893 g/mol. The number of aliphatic hydroxyl groups is 3. The molecule has 2 saturated heterocycles. The lowest BCUT2D eigenvalue weighted by molar-refractivity contribution is -0.246. The van der Waals surface area contributed by atoms with Crippen molar-refractivity contribution in [2.24, 2.45) is 45.3 Å². The molecule has 10 rings (SSSR count). The number of esters is 2. The molecule has 8 aliphatic carbocycles. The first-order valence-corrected chi connectivity index (χ1v) is 22.8. The molecular formula is C49H61FO14. The van der Waals surface area contributed by atoms with Gasteiger partial charge < -0.3 is 39.0 Å². The van der Waals surface area contributed by atoms with Crippen LogP contribution in [0.2, 0.25) is 0 Å². The molecule has 0 radical (unpaired) electrons. The highest BCUT2D eigenvalue weighted by molar-refractivity contribution is 6.02. The number of halogens is 1. The maximum Gasteiger partial charge on any atom is 0.303 e. The van der Waals surface area contributed by atoms with Crippen LogP contribution in [0.4, 0.5) is 4.39 Å². The quantitative estimate of drug-likeness (QED) is 0.252. The topological polar surface area (TPSA) is 213 Å². The SMILES string of the molecule is CC(=O)OCC(=O)[C@@]1(O)[C@H](O)CC2C3CCC4=CC(=O)C=C[C@]4(C)C34OC4C[C@@]21C.CC(=O)OCC(=O)[C@@]12OC(C)(C)O[C@@H]1CC1C3CCC4=CC(=O)C=C[C@]4(C)[C@@]3(F)[C@@H](O)C[C@@]12C. The Kier molecular flexibility index (Phi) is 10.0. The van der Waals surface area contributed by atoms with E-state index in [1.165, 1.54) is 26.0 Å². The molecule has 1 spiro atoms. The molecular weight excluding hydrogens is 832 g/mol. The summed E-state index contributed by atoms with van der Waals surface area (Å²) in [7, 11) is 0. The van der Waals surface area contributed by atoms with Crippen molar-refractivity contribution in [3.63, 3.8) is 0 Å². The van der Waals surface area contributed by atoms with Gasteiger partial charge in [0.1, 0.15) is 5.60 Å². The number of rotatable bonds is 6. The van der Waals surface area contributed by atoms with Gasteiger partial charge in [-0.2, -0.15) is 0 Å². The highest BCUT2D eigenvalue weighted by Crippen LogP contribution is 2.76. The fraction of sp³-hybridized carbons (Fsp3) is 0.714. The van der Waals surface area contributed by atoms with Gasteiger partial charge in [0.25, 0.3) is 0 Å². The van der Waals surface area contributed by atoms with Crippen LogP contribution in [0, 0.1) is 45.3 Å². The van der Waals surface area contributed by atoms with Crippen molar-refractivity contribution in [2.75, 3.05) is 13.2 Å². The minimum atomic E-state index is -2.01. The Morgan fingerprint density at radius 2 is 1.25 bits per heavy atom. The lowest BCUT2D eigenvalue weighted by Crippen LogP contribution is -2.70. The summed E-state index contributed by atoms with van der Waals surface area (Å²) in [5.74, 6) is -4.45. The second-order valence-electron chi connectivity index (χ2n) is 21.6. The third-order valence-corrected chi connectivity index (χ3v) is 18.4. The lowest BCUT2D eigenvalue weighted by Gasteiger charge is -2.62. The highest BCUT2D eigenvalue weighted by atomic mass is 19.1. The minimum Gasteiger partial charge on any atom is -0.458 e. The zero-order chi connectivity index (χ0) is 46.6. The number of ketones is 4. The first-order chi connectivity index (χ1) is 29.7. The number of carbonyl (C=O) groups excluding carboxylic acids is 6. The van der Waals surface area contributed by atoms with Crippen molar-refractivity contribution in [3.8, 4) is 0 Å². The number of alkyl halides is 1.